The zero-order chi connectivity index (χ0) is 13.6. The largest absolute Gasteiger partial charge is 0.441 e. The van der Waals surface area contributed by atoms with E-state index in [0.29, 0.717) is 12.8 Å². The summed E-state index contributed by atoms with van der Waals surface area (Å²) < 4.78 is 6.28. The molecule has 3 N–H and O–H groups in total. The highest BCUT2D eigenvalue weighted by atomic mass is 16.6. The molecular weight excluding hydrogens is 254 g/mol. The third-order valence-corrected chi connectivity index (χ3v) is 3.66. The maximum absolute atomic E-state index is 11.7. The van der Waals surface area contributed by atoms with E-state index in [9.17, 15) is 19.5 Å². The number of hydrogen-bond donors (Lipinski definition) is 3. The molecule has 102 valence electrons. The fourth-order valence-corrected chi connectivity index (χ4v) is 2.75. The fourth-order valence-electron chi connectivity index (χ4n) is 2.75. The molecule has 3 rings (SSSR count). The number of ether oxygens (including phenoxy) is 1. The Bertz CT molecular complexity index is 621. The topological polar surface area (TPSA) is 113 Å². The van der Waals surface area contributed by atoms with Crippen LogP contribution in [0.1, 0.15) is 18.9 Å². The number of amides is 1. The molecule has 1 aromatic rings. The second-order valence-corrected chi connectivity index (χ2v) is 4.77. The number of carbonyl (C=O) groups excluding carboxylic acids is 1. The normalized spacial score (nSPS) is 33.4. The number of carbonyl (C=O) groups is 1. The minimum atomic E-state index is -0.985. The number of aromatic amines is 1. The first-order valence-electron chi connectivity index (χ1n) is 6.03. The third kappa shape index (κ3) is 1.93. The van der Waals surface area contributed by atoms with E-state index in [1.54, 1.807) is 0 Å². The lowest BCUT2D eigenvalue weighted by molar-refractivity contribution is -0.0346. The number of nitrogens with one attached hydrogen (secondary N) is 2. The van der Waals surface area contributed by atoms with E-state index in [0.717, 1.165) is 0 Å². The number of nitrogens with zero attached hydrogens (tertiary/aromatic N) is 1. The molecule has 0 radical (unpaired) electrons. The summed E-state index contributed by atoms with van der Waals surface area (Å²) in [5.41, 5.74) is -1.06. The molecule has 1 saturated carbocycles. The first-order valence-corrected chi connectivity index (χ1v) is 6.03. The average molecular weight is 267 g/mol. The molecule has 1 aliphatic carbocycles. The molecule has 4 atom stereocenters. The molecule has 1 aliphatic heterocycles. The Labute approximate surface area is 107 Å². The molecule has 2 fully saturated rings. The highest BCUT2D eigenvalue weighted by Gasteiger charge is 2.46. The standard InChI is InChI=1S/C11H13N3O5/c15-7-3-4-14(10(17)13-7)6-2-1-5-9(8(6)16)19-11(18)12-5/h3-6,8-9,16H,1-2H2,(H,12,18)(H,13,15,17)/t5-,6-,8+,9-/m1/s1. The van der Waals surface area contributed by atoms with Crippen LogP contribution in [-0.2, 0) is 4.74 Å². The molecular formula is C11H13N3O5. The van der Waals surface area contributed by atoms with Crippen LogP contribution < -0.4 is 16.6 Å². The maximum Gasteiger partial charge on any atom is 0.407 e. The van der Waals surface area contributed by atoms with Crippen molar-refractivity contribution in [3.63, 3.8) is 0 Å². The van der Waals surface area contributed by atoms with Gasteiger partial charge in [0.05, 0.1) is 12.1 Å². The molecule has 0 spiro atoms. The van der Waals surface area contributed by atoms with Crippen molar-refractivity contribution in [3.05, 3.63) is 33.1 Å². The summed E-state index contributed by atoms with van der Waals surface area (Å²) in [6, 6.07) is 0.481. The molecule has 8 nitrogen and oxygen atoms in total. The Hall–Kier alpha value is -2.09. The third-order valence-electron chi connectivity index (χ3n) is 3.66. The van der Waals surface area contributed by atoms with Gasteiger partial charge in [0.25, 0.3) is 5.56 Å². The van der Waals surface area contributed by atoms with Gasteiger partial charge in [-0.15, -0.1) is 0 Å². The van der Waals surface area contributed by atoms with Gasteiger partial charge in [0.1, 0.15) is 6.10 Å². The van der Waals surface area contributed by atoms with Gasteiger partial charge in [0, 0.05) is 12.3 Å². The molecule has 2 heterocycles. The highest BCUT2D eigenvalue weighted by molar-refractivity contribution is 5.70. The zero-order valence-electron chi connectivity index (χ0n) is 9.91. The van der Waals surface area contributed by atoms with Gasteiger partial charge in [-0.3, -0.25) is 14.3 Å². The Morgan fingerprint density at radius 2 is 2.11 bits per heavy atom. The Balaban J connectivity index is 1.92. The van der Waals surface area contributed by atoms with Crippen molar-refractivity contribution in [2.75, 3.05) is 0 Å². The number of hydrogen-bond acceptors (Lipinski definition) is 5. The van der Waals surface area contributed by atoms with Crippen molar-refractivity contribution in [3.8, 4) is 0 Å². The van der Waals surface area contributed by atoms with Gasteiger partial charge in [-0.1, -0.05) is 0 Å². The van der Waals surface area contributed by atoms with E-state index in [1.807, 2.05) is 0 Å². The molecule has 1 amide bonds. The van der Waals surface area contributed by atoms with Crippen LogP contribution in [0.25, 0.3) is 0 Å². The average Bonchev–Trinajstić information content (AvgIpc) is 2.73. The monoisotopic (exact) mass is 267 g/mol. The Morgan fingerprint density at radius 3 is 2.84 bits per heavy atom. The van der Waals surface area contributed by atoms with E-state index in [4.69, 9.17) is 4.74 Å². The van der Waals surface area contributed by atoms with Crippen molar-refractivity contribution >= 4 is 6.09 Å². The minimum absolute atomic E-state index is 0.225. The Morgan fingerprint density at radius 1 is 1.32 bits per heavy atom. The molecule has 0 bridgehead atoms. The second-order valence-electron chi connectivity index (χ2n) is 4.77. The van der Waals surface area contributed by atoms with Crippen LogP contribution in [0.2, 0.25) is 0 Å². The van der Waals surface area contributed by atoms with Gasteiger partial charge in [0.2, 0.25) is 0 Å². The lowest BCUT2D eigenvalue weighted by atomic mass is 9.86. The van der Waals surface area contributed by atoms with Gasteiger partial charge >= 0.3 is 11.8 Å². The fraction of sp³-hybridized carbons (Fsp3) is 0.545. The van der Waals surface area contributed by atoms with Crippen LogP contribution in [0.4, 0.5) is 4.79 Å². The van der Waals surface area contributed by atoms with E-state index >= 15 is 0 Å². The van der Waals surface area contributed by atoms with E-state index < -0.39 is 35.6 Å². The van der Waals surface area contributed by atoms with Crippen LogP contribution in [0.3, 0.4) is 0 Å². The number of H-pyrrole nitrogens is 1. The van der Waals surface area contributed by atoms with Gasteiger partial charge in [0.15, 0.2) is 6.10 Å². The van der Waals surface area contributed by atoms with Crippen LogP contribution in [0.5, 0.6) is 0 Å². The highest BCUT2D eigenvalue weighted by Crippen LogP contribution is 2.32. The van der Waals surface area contributed by atoms with Crippen LogP contribution >= 0.6 is 0 Å². The number of aliphatic hydroxyl groups is 1. The van der Waals surface area contributed by atoms with Gasteiger partial charge in [-0.2, -0.15) is 0 Å². The minimum Gasteiger partial charge on any atom is -0.441 e. The summed E-state index contributed by atoms with van der Waals surface area (Å²) in [7, 11) is 0. The van der Waals surface area contributed by atoms with Gasteiger partial charge in [-0.05, 0) is 12.8 Å². The molecule has 8 heteroatoms. The molecule has 1 saturated heterocycles. The quantitative estimate of drug-likeness (QED) is 0.586. The van der Waals surface area contributed by atoms with Gasteiger partial charge in [-0.25, -0.2) is 9.59 Å². The van der Waals surface area contributed by atoms with Crippen LogP contribution in [0.15, 0.2) is 21.9 Å². The number of aromatic nitrogens is 2. The second kappa shape index (κ2) is 4.23. The molecule has 2 aliphatic rings. The van der Waals surface area contributed by atoms with E-state index in [-0.39, 0.29) is 6.04 Å². The van der Waals surface area contributed by atoms with Crippen molar-refractivity contribution < 1.29 is 14.6 Å². The SMILES string of the molecule is O=C1N[C@@H]2CC[C@@H](n3ccc(=O)[nH]c3=O)[C@H](O)[C@@H]2O1. The van der Waals surface area contributed by atoms with E-state index in [2.05, 4.69) is 10.3 Å². The summed E-state index contributed by atoms with van der Waals surface area (Å²) >= 11 is 0. The first-order chi connectivity index (χ1) is 9.06. The van der Waals surface area contributed by atoms with Crippen molar-refractivity contribution in [2.24, 2.45) is 0 Å². The molecule has 1 aromatic heterocycles. The van der Waals surface area contributed by atoms with Crippen molar-refractivity contribution in [1.82, 2.24) is 14.9 Å². The Kier molecular flexibility index (Phi) is 2.67. The molecule has 0 aromatic carbocycles. The van der Waals surface area contributed by atoms with E-state index in [1.165, 1.54) is 16.8 Å². The first kappa shape index (κ1) is 12.0. The maximum atomic E-state index is 11.7. The lowest BCUT2D eigenvalue weighted by Gasteiger charge is -2.35. The number of fused-ring (bicyclic) bond motifs is 1. The number of alkyl carbamates (subject to hydrolysis) is 1. The zero-order valence-corrected chi connectivity index (χ0v) is 9.91. The summed E-state index contributed by atoms with van der Waals surface area (Å²) in [5, 5.41) is 12.9. The lowest BCUT2D eigenvalue weighted by Crippen LogP contribution is -2.50. The van der Waals surface area contributed by atoms with Crippen molar-refractivity contribution in [2.45, 2.75) is 37.1 Å². The number of aliphatic hydroxyl groups excluding tert-OH is 1. The van der Waals surface area contributed by atoms with Crippen molar-refractivity contribution in [1.29, 1.82) is 0 Å². The summed E-state index contributed by atoms with van der Waals surface area (Å²) in [6.07, 6.45) is 0.260. The summed E-state index contributed by atoms with van der Waals surface area (Å²) in [5.74, 6) is 0. The number of rotatable bonds is 1. The van der Waals surface area contributed by atoms with Crippen LogP contribution in [0, 0.1) is 0 Å². The predicted molar refractivity (Wildman–Crippen MR) is 62.8 cm³/mol. The molecule has 0 unspecified atom stereocenters. The summed E-state index contributed by atoms with van der Waals surface area (Å²) in [6.45, 7) is 0. The van der Waals surface area contributed by atoms with Gasteiger partial charge < -0.3 is 15.2 Å². The predicted octanol–water partition coefficient (Wildman–Crippen LogP) is -1.29. The summed E-state index contributed by atoms with van der Waals surface area (Å²) in [4.78, 5) is 36.0. The smallest absolute Gasteiger partial charge is 0.407 e. The van der Waals surface area contributed by atoms with Crippen LogP contribution in [-0.4, -0.2) is 39.0 Å². The molecule has 19 heavy (non-hydrogen) atoms.